The maximum Gasteiger partial charge on any atom is 0.214 e. The summed E-state index contributed by atoms with van der Waals surface area (Å²) in [6, 6.07) is 7.32. The van der Waals surface area contributed by atoms with Crippen LogP contribution < -0.4 is 4.72 Å². The third kappa shape index (κ3) is 4.22. The number of sulfonamides is 1. The van der Waals surface area contributed by atoms with Crippen molar-refractivity contribution in [3.8, 4) is 0 Å². The van der Waals surface area contributed by atoms with E-state index in [-0.39, 0.29) is 11.8 Å². The molecule has 6 heteroatoms. The smallest absolute Gasteiger partial charge is 0.214 e. The standard InChI is InChI=1S/C16H24ClNO3S/c1-16(21-2,13-7-6-8-14(17)11-13)12-18-22(19,20)15-9-4-3-5-10-15/h6-8,11,15,18H,3-5,9-10,12H2,1-2H3. The number of halogens is 1. The van der Waals surface area contributed by atoms with Gasteiger partial charge in [-0.05, 0) is 37.5 Å². The molecule has 0 spiro atoms. The molecule has 1 saturated carbocycles. The summed E-state index contributed by atoms with van der Waals surface area (Å²) in [7, 11) is -1.73. The average molecular weight is 346 g/mol. The van der Waals surface area contributed by atoms with Crippen molar-refractivity contribution in [2.45, 2.75) is 49.9 Å². The maximum atomic E-state index is 12.5. The molecule has 0 bridgehead atoms. The van der Waals surface area contributed by atoms with Gasteiger partial charge in [-0.25, -0.2) is 13.1 Å². The van der Waals surface area contributed by atoms with E-state index in [0.717, 1.165) is 37.7 Å². The molecule has 0 radical (unpaired) electrons. The van der Waals surface area contributed by atoms with Crippen LogP contribution in [0.15, 0.2) is 24.3 Å². The lowest BCUT2D eigenvalue weighted by atomic mass is 9.96. The summed E-state index contributed by atoms with van der Waals surface area (Å²) in [5, 5.41) is 0.331. The number of benzene rings is 1. The molecule has 124 valence electrons. The van der Waals surface area contributed by atoms with Crippen LogP contribution >= 0.6 is 11.6 Å². The molecule has 0 heterocycles. The van der Waals surface area contributed by atoms with Crippen LogP contribution in [0.3, 0.4) is 0 Å². The Morgan fingerprint density at radius 2 is 2.00 bits per heavy atom. The highest BCUT2D eigenvalue weighted by Crippen LogP contribution is 2.28. The number of hydrogen-bond acceptors (Lipinski definition) is 3. The molecule has 0 aliphatic heterocycles. The first-order chi connectivity index (χ1) is 10.4. The summed E-state index contributed by atoms with van der Waals surface area (Å²) in [5.74, 6) is 0. The van der Waals surface area contributed by atoms with Gasteiger partial charge in [0, 0.05) is 18.7 Å². The SMILES string of the molecule is COC(C)(CNS(=O)(=O)C1CCCCC1)c1cccc(Cl)c1. The summed E-state index contributed by atoms with van der Waals surface area (Å²) < 4.78 is 33.2. The Morgan fingerprint density at radius 1 is 1.32 bits per heavy atom. The summed E-state index contributed by atoms with van der Waals surface area (Å²) in [6.07, 6.45) is 4.60. The van der Waals surface area contributed by atoms with Crippen molar-refractivity contribution in [3.63, 3.8) is 0 Å². The van der Waals surface area contributed by atoms with Crippen LogP contribution in [0.5, 0.6) is 0 Å². The summed E-state index contributed by atoms with van der Waals surface area (Å²) in [5.41, 5.74) is 0.112. The number of rotatable bonds is 6. The van der Waals surface area contributed by atoms with E-state index < -0.39 is 15.6 Å². The highest BCUT2D eigenvalue weighted by molar-refractivity contribution is 7.90. The average Bonchev–Trinajstić information content (AvgIpc) is 2.53. The van der Waals surface area contributed by atoms with Crippen LogP contribution in [0.2, 0.25) is 5.02 Å². The van der Waals surface area contributed by atoms with E-state index in [0.29, 0.717) is 5.02 Å². The van der Waals surface area contributed by atoms with Crippen molar-refractivity contribution >= 4 is 21.6 Å². The molecule has 1 N–H and O–H groups in total. The molecular weight excluding hydrogens is 322 g/mol. The second-order valence-electron chi connectivity index (χ2n) is 6.07. The van der Waals surface area contributed by atoms with Gasteiger partial charge in [0.2, 0.25) is 10.0 Å². The molecule has 0 saturated heterocycles. The Morgan fingerprint density at radius 3 is 2.59 bits per heavy atom. The molecule has 1 unspecified atom stereocenters. The van der Waals surface area contributed by atoms with Crippen molar-refractivity contribution in [2.75, 3.05) is 13.7 Å². The normalized spacial score (nSPS) is 19.8. The highest BCUT2D eigenvalue weighted by Gasteiger charge is 2.32. The third-order valence-electron chi connectivity index (χ3n) is 4.49. The topological polar surface area (TPSA) is 55.4 Å². The van der Waals surface area contributed by atoms with Crippen LogP contribution in [0.25, 0.3) is 0 Å². The lowest BCUT2D eigenvalue weighted by Gasteiger charge is -2.30. The van der Waals surface area contributed by atoms with Crippen molar-refractivity contribution < 1.29 is 13.2 Å². The van der Waals surface area contributed by atoms with Gasteiger partial charge in [-0.1, -0.05) is 43.0 Å². The van der Waals surface area contributed by atoms with E-state index in [2.05, 4.69) is 4.72 Å². The van der Waals surface area contributed by atoms with Gasteiger partial charge in [0.15, 0.2) is 0 Å². The molecule has 4 nitrogen and oxygen atoms in total. The molecule has 1 fully saturated rings. The largest absolute Gasteiger partial charge is 0.372 e. The molecular formula is C16H24ClNO3S. The minimum Gasteiger partial charge on any atom is -0.372 e. The van der Waals surface area contributed by atoms with Crippen LogP contribution in [0, 0.1) is 0 Å². The zero-order valence-corrected chi connectivity index (χ0v) is 14.7. The zero-order valence-electron chi connectivity index (χ0n) is 13.1. The van der Waals surface area contributed by atoms with E-state index in [1.54, 1.807) is 19.2 Å². The van der Waals surface area contributed by atoms with Gasteiger partial charge < -0.3 is 4.74 Å². The van der Waals surface area contributed by atoms with Crippen molar-refractivity contribution in [1.82, 2.24) is 4.72 Å². The van der Waals surface area contributed by atoms with E-state index in [9.17, 15) is 8.42 Å². The number of hydrogen-bond donors (Lipinski definition) is 1. The molecule has 0 amide bonds. The Hall–Kier alpha value is -0.620. The molecule has 0 aromatic heterocycles. The lowest BCUT2D eigenvalue weighted by molar-refractivity contribution is 0.00692. The first-order valence-electron chi connectivity index (χ1n) is 7.67. The second kappa shape index (κ2) is 7.30. The predicted molar refractivity (Wildman–Crippen MR) is 89.6 cm³/mol. The zero-order chi connectivity index (χ0) is 16.2. The Labute approximate surface area is 138 Å². The van der Waals surface area contributed by atoms with Gasteiger partial charge >= 0.3 is 0 Å². The monoisotopic (exact) mass is 345 g/mol. The Bertz CT molecular complexity index is 599. The maximum absolute atomic E-state index is 12.5. The molecule has 1 aromatic rings. The van der Waals surface area contributed by atoms with Crippen LogP contribution in [-0.2, 0) is 20.4 Å². The van der Waals surface area contributed by atoms with Gasteiger partial charge in [0.1, 0.15) is 5.60 Å². The van der Waals surface area contributed by atoms with Crippen molar-refractivity contribution in [1.29, 1.82) is 0 Å². The van der Waals surface area contributed by atoms with Crippen molar-refractivity contribution in [2.24, 2.45) is 0 Å². The van der Waals surface area contributed by atoms with Gasteiger partial charge in [-0.2, -0.15) is 0 Å². The van der Waals surface area contributed by atoms with Crippen LogP contribution in [0.4, 0.5) is 0 Å². The van der Waals surface area contributed by atoms with E-state index >= 15 is 0 Å². The summed E-state index contributed by atoms with van der Waals surface area (Å²) in [6.45, 7) is 2.06. The summed E-state index contributed by atoms with van der Waals surface area (Å²) in [4.78, 5) is 0. The van der Waals surface area contributed by atoms with E-state index in [1.165, 1.54) is 0 Å². The first kappa shape index (κ1) is 17.7. The summed E-state index contributed by atoms with van der Waals surface area (Å²) >= 11 is 6.03. The molecule has 1 aromatic carbocycles. The first-order valence-corrected chi connectivity index (χ1v) is 9.59. The second-order valence-corrected chi connectivity index (χ2v) is 8.55. The Balaban J connectivity index is 2.09. The quantitative estimate of drug-likeness (QED) is 0.859. The van der Waals surface area contributed by atoms with E-state index in [1.807, 2.05) is 19.1 Å². The minimum absolute atomic E-state index is 0.197. The molecule has 2 rings (SSSR count). The van der Waals surface area contributed by atoms with E-state index in [4.69, 9.17) is 16.3 Å². The molecule has 22 heavy (non-hydrogen) atoms. The van der Waals surface area contributed by atoms with Crippen LogP contribution in [0.1, 0.15) is 44.6 Å². The number of methoxy groups -OCH3 is 1. The van der Waals surface area contributed by atoms with Crippen LogP contribution in [-0.4, -0.2) is 27.3 Å². The fourth-order valence-corrected chi connectivity index (χ4v) is 4.70. The van der Waals surface area contributed by atoms with Gasteiger partial charge in [0.25, 0.3) is 0 Å². The van der Waals surface area contributed by atoms with Gasteiger partial charge in [-0.15, -0.1) is 0 Å². The number of ether oxygens (including phenoxy) is 1. The number of nitrogens with one attached hydrogen (secondary N) is 1. The fraction of sp³-hybridized carbons (Fsp3) is 0.625. The highest BCUT2D eigenvalue weighted by atomic mass is 35.5. The Kier molecular flexibility index (Phi) is 5.88. The predicted octanol–water partition coefficient (Wildman–Crippen LogP) is 3.45. The molecule has 1 atom stereocenters. The van der Waals surface area contributed by atoms with Gasteiger partial charge in [-0.3, -0.25) is 0 Å². The van der Waals surface area contributed by atoms with Gasteiger partial charge in [0.05, 0.1) is 5.25 Å². The third-order valence-corrected chi connectivity index (χ3v) is 6.62. The lowest BCUT2D eigenvalue weighted by Crippen LogP contribution is -2.44. The minimum atomic E-state index is -3.31. The molecule has 1 aliphatic rings. The van der Waals surface area contributed by atoms with Crippen molar-refractivity contribution in [3.05, 3.63) is 34.9 Å². The fourth-order valence-electron chi connectivity index (χ4n) is 2.84. The molecule has 1 aliphatic carbocycles.